The Balaban J connectivity index is 1.46. The minimum atomic E-state index is 0.0976. The van der Waals surface area contributed by atoms with Crippen LogP contribution in [0.25, 0.3) is 0 Å². The summed E-state index contributed by atoms with van der Waals surface area (Å²) in [5, 5.41) is 7.02. The average molecular weight is 363 g/mol. The zero-order valence-corrected chi connectivity index (χ0v) is 16.5. The number of hydrogen-bond donors (Lipinski definition) is 1. The molecular weight excluding hydrogens is 328 g/mol. The monoisotopic (exact) mass is 362 g/mol. The van der Waals surface area contributed by atoms with Gasteiger partial charge in [-0.05, 0) is 65.6 Å². The van der Waals surface area contributed by atoms with E-state index in [1.54, 1.807) is 0 Å². The molecule has 6 heteroatoms. The minimum absolute atomic E-state index is 0.0976. The zero-order chi connectivity index (χ0) is 18.5. The van der Waals surface area contributed by atoms with Crippen LogP contribution in [-0.2, 0) is 17.8 Å². The number of aryl methyl sites for hydroxylation is 1. The summed E-state index contributed by atoms with van der Waals surface area (Å²) in [4.78, 5) is 17.7. The molecule has 0 aromatic carbocycles. The second kappa shape index (κ2) is 9.00. The molecule has 0 radical (unpaired) electrons. The van der Waals surface area contributed by atoms with Crippen molar-refractivity contribution < 1.29 is 9.32 Å². The van der Waals surface area contributed by atoms with Crippen LogP contribution in [0.15, 0.2) is 10.6 Å². The van der Waals surface area contributed by atoms with Gasteiger partial charge in [-0.1, -0.05) is 12.1 Å². The van der Waals surface area contributed by atoms with E-state index in [1.165, 1.54) is 25.9 Å². The van der Waals surface area contributed by atoms with E-state index in [0.29, 0.717) is 18.6 Å². The molecule has 1 N–H and O–H groups in total. The maximum atomic E-state index is 12.6. The smallest absolute Gasteiger partial charge is 0.224 e. The third kappa shape index (κ3) is 4.86. The third-order valence-electron chi connectivity index (χ3n) is 5.98. The number of rotatable bonds is 6. The van der Waals surface area contributed by atoms with Crippen molar-refractivity contribution in [2.45, 2.75) is 71.5 Å². The normalized spacial score (nSPS) is 23.5. The molecule has 0 unspecified atom stereocenters. The molecule has 146 valence electrons. The lowest BCUT2D eigenvalue weighted by Crippen LogP contribution is -2.51. The molecule has 1 amide bonds. The molecule has 6 nitrogen and oxygen atoms in total. The van der Waals surface area contributed by atoms with Crippen molar-refractivity contribution >= 4 is 5.91 Å². The summed E-state index contributed by atoms with van der Waals surface area (Å²) < 4.78 is 5.26. The number of piperidine rings is 2. The van der Waals surface area contributed by atoms with Gasteiger partial charge in [0.25, 0.3) is 0 Å². The average Bonchev–Trinajstić information content (AvgIpc) is 3.14. The topological polar surface area (TPSA) is 61.6 Å². The standard InChI is InChI=1S/C20H34N4O2/c1-4-17-12-19(26-22-17)13-21-20(25)16-6-5-9-24(14-16)18-7-10-23(11-8-18)15(2)3/h12,15-16,18H,4-11,13-14H2,1-3H3,(H,21,25)/t16-/m0/s1. The van der Waals surface area contributed by atoms with Crippen LogP contribution in [0, 0.1) is 5.92 Å². The number of nitrogens with zero attached hydrogens (tertiary/aromatic N) is 3. The number of carbonyl (C=O) groups is 1. The van der Waals surface area contributed by atoms with Crippen LogP contribution in [0.1, 0.15) is 57.9 Å². The molecule has 2 aliphatic heterocycles. The first-order chi connectivity index (χ1) is 12.6. The van der Waals surface area contributed by atoms with Gasteiger partial charge in [0.2, 0.25) is 5.91 Å². The van der Waals surface area contributed by atoms with E-state index in [9.17, 15) is 4.79 Å². The van der Waals surface area contributed by atoms with Crippen LogP contribution in [0.2, 0.25) is 0 Å². The summed E-state index contributed by atoms with van der Waals surface area (Å²) in [5.41, 5.74) is 0.936. The van der Waals surface area contributed by atoms with Gasteiger partial charge >= 0.3 is 0 Å². The molecule has 26 heavy (non-hydrogen) atoms. The highest BCUT2D eigenvalue weighted by Crippen LogP contribution is 2.24. The fourth-order valence-corrected chi connectivity index (χ4v) is 4.24. The summed E-state index contributed by atoms with van der Waals surface area (Å²) in [7, 11) is 0. The van der Waals surface area contributed by atoms with Crippen LogP contribution in [0.5, 0.6) is 0 Å². The van der Waals surface area contributed by atoms with Crippen molar-refractivity contribution in [2.24, 2.45) is 5.92 Å². The van der Waals surface area contributed by atoms with Crippen LogP contribution in [0.3, 0.4) is 0 Å². The molecule has 3 rings (SSSR count). The minimum Gasteiger partial charge on any atom is -0.359 e. The number of likely N-dealkylation sites (tertiary alicyclic amines) is 2. The molecule has 0 aliphatic carbocycles. The van der Waals surface area contributed by atoms with Crippen LogP contribution in [0.4, 0.5) is 0 Å². The highest BCUT2D eigenvalue weighted by Gasteiger charge is 2.32. The van der Waals surface area contributed by atoms with E-state index in [1.807, 2.05) is 13.0 Å². The fraction of sp³-hybridized carbons (Fsp3) is 0.800. The summed E-state index contributed by atoms with van der Waals surface area (Å²) >= 11 is 0. The SMILES string of the molecule is CCc1cc(CNC(=O)[C@H]2CCCN(C3CCN(C(C)C)CC3)C2)on1. The Bertz CT molecular complexity index is 578. The van der Waals surface area contributed by atoms with E-state index in [2.05, 4.69) is 34.1 Å². The molecule has 1 aromatic rings. The third-order valence-corrected chi connectivity index (χ3v) is 5.98. The molecular formula is C20H34N4O2. The van der Waals surface area contributed by atoms with Crippen molar-refractivity contribution in [1.82, 2.24) is 20.3 Å². The molecule has 2 saturated heterocycles. The highest BCUT2D eigenvalue weighted by atomic mass is 16.5. The second-order valence-corrected chi connectivity index (χ2v) is 8.05. The number of hydrogen-bond acceptors (Lipinski definition) is 5. The first-order valence-corrected chi connectivity index (χ1v) is 10.3. The van der Waals surface area contributed by atoms with Gasteiger partial charge in [0.1, 0.15) is 0 Å². The molecule has 0 spiro atoms. The molecule has 1 aromatic heterocycles. The highest BCUT2D eigenvalue weighted by molar-refractivity contribution is 5.78. The summed E-state index contributed by atoms with van der Waals surface area (Å²) in [6, 6.07) is 3.21. The molecule has 0 bridgehead atoms. The maximum absolute atomic E-state index is 12.6. The Hall–Kier alpha value is -1.40. The molecule has 2 fully saturated rings. The summed E-state index contributed by atoms with van der Waals surface area (Å²) in [5.74, 6) is 0.994. The predicted molar refractivity (Wildman–Crippen MR) is 102 cm³/mol. The number of aromatic nitrogens is 1. The van der Waals surface area contributed by atoms with Gasteiger partial charge in [0.15, 0.2) is 5.76 Å². The van der Waals surface area contributed by atoms with Gasteiger partial charge in [-0.3, -0.25) is 9.69 Å². The van der Waals surface area contributed by atoms with Gasteiger partial charge in [-0.2, -0.15) is 0 Å². The molecule has 3 heterocycles. The van der Waals surface area contributed by atoms with Gasteiger partial charge in [-0.25, -0.2) is 0 Å². The predicted octanol–water partition coefficient (Wildman–Crippen LogP) is 2.44. The van der Waals surface area contributed by atoms with E-state index < -0.39 is 0 Å². The number of carbonyl (C=O) groups excluding carboxylic acids is 1. The van der Waals surface area contributed by atoms with Gasteiger partial charge in [-0.15, -0.1) is 0 Å². The lowest BCUT2D eigenvalue weighted by atomic mass is 9.93. The summed E-state index contributed by atoms with van der Waals surface area (Å²) in [6.07, 6.45) is 5.41. The van der Waals surface area contributed by atoms with Crippen LogP contribution < -0.4 is 5.32 Å². The Morgan fingerprint density at radius 1 is 1.31 bits per heavy atom. The molecule has 2 aliphatic rings. The van der Waals surface area contributed by atoms with Crippen molar-refractivity contribution in [2.75, 3.05) is 26.2 Å². The van der Waals surface area contributed by atoms with Gasteiger partial charge in [0, 0.05) is 24.7 Å². The largest absolute Gasteiger partial charge is 0.359 e. The first kappa shape index (κ1) is 19.4. The maximum Gasteiger partial charge on any atom is 0.224 e. The molecule has 0 saturated carbocycles. The van der Waals surface area contributed by atoms with E-state index in [4.69, 9.17) is 4.52 Å². The molecule has 1 atom stereocenters. The van der Waals surface area contributed by atoms with Crippen molar-refractivity contribution in [1.29, 1.82) is 0 Å². The Kier molecular flexibility index (Phi) is 6.70. The Morgan fingerprint density at radius 3 is 2.73 bits per heavy atom. The Morgan fingerprint density at radius 2 is 2.08 bits per heavy atom. The fourth-order valence-electron chi connectivity index (χ4n) is 4.24. The van der Waals surface area contributed by atoms with Crippen molar-refractivity contribution in [3.63, 3.8) is 0 Å². The second-order valence-electron chi connectivity index (χ2n) is 8.05. The summed E-state index contributed by atoms with van der Waals surface area (Å²) in [6.45, 7) is 11.4. The lowest BCUT2D eigenvalue weighted by molar-refractivity contribution is -0.127. The van der Waals surface area contributed by atoms with Crippen molar-refractivity contribution in [3.05, 3.63) is 17.5 Å². The van der Waals surface area contributed by atoms with Crippen LogP contribution in [-0.4, -0.2) is 59.1 Å². The number of amides is 1. The van der Waals surface area contributed by atoms with Crippen molar-refractivity contribution in [3.8, 4) is 0 Å². The van der Waals surface area contributed by atoms with E-state index >= 15 is 0 Å². The quantitative estimate of drug-likeness (QED) is 0.842. The van der Waals surface area contributed by atoms with Crippen LogP contribution >= 0.6 is 0 Å². The lowest BCUT2D eigenvalue weighted by Gasteiger charge is -2.43. The van der Waals surface area contributed by atoms with E-state index in [-0.39, 0.29) is 11.8 Å². The first-order valence-electron chi connectivity index (χ1n) is 10.3. The van der Waals surface area contributed by atoms with E-state index in [0.717, 1.165) is 43.8 Å². The van der Waals surface area contributed by atoms with Gasteiger partial charge < -0.3 is 14.7 Å². The zero-order valence-electron chi connectivity index (χ0n) is 16.5. The van der Waals surface area contributed by atoms with Gasteiger partial charge in [0.05, 0.1) is 18.2 Å². The number of nitrogens with one attached hydrogen (secondary N) is 1. The Labute approximate surface area is 157 Å².